The van der Waals surface area contributed by atoms with Gasteiger partial charge < -0.3 is 4.74 Å². The molecule has 1 aromatic heterocycles. The van der Waals surface area contributed by atoms with Crippen LogP contribution in [0.4, 0.5) is 0 Å². The number of aryl methyl sites for hydroxylation is 1. The van der Waals surface area contributed by atoms with Crippen molar-refractivity contribution >= 4 is 22.6 Å². The molecule has 0 bridgehead atoms. The van der Waals surface area contributed by atoms with Crippen molar-refractivity contribution in [2.75, 3.05) is 6.61 Å². The summed E-state index contributed by atoms with van der Waals surface area (Å²) < 4.78 is 7.67. The summed E-state index contributed by atoms with van der Waals surface area (Å²) in [6, 6.07) is 14.2. The molecule has 0 aliphatic rings. The summed E-state index contributed by atoms with van der Waals surface area (Å²) in [5, 5.41) is 0. The van der Waals surface area contributed by atoms with E-state index in [9.17, 15) is 0 Å². The first kappa shape index (κ1) is 14.0. The minimum atomic E-state index is 0.368. The van der Waals surface area contributed by atoms with E-state index in [1.165, 1.54) is 5.56 Å². The van der Waals surface area contributed by atoms with E-state index in [4.69, 9.17) is 16.3 Å². The van der Waals surface area contributed by atoms with Crippen LogP contribution in [0.15, 0.2) is 42.5 Å². The van der Waals surface area contributed by atoms with Crippen molar-refractivity contribution in [3.05, 3.63) is 53.9 Å². The standard InChI is InChI=1S/C17H17ClN2O/c1-3-21-14-6-4-5-13(10-14)20-16-8-7-12(2)9-15(16)19-17(20)11-18/h4-10H,3,11H2,1-2H3. The van der Waals surface area contributed by atoms with Crippen LogP contribution in [0.5, 0.6) is 5.75 Å². The third-order valence-corrected chi connectivity index (χ3v) is 3.62. The van der Waals surface area contributed by atoms with Gasteiger partial charge in [-0.1, -0.05) is 12.1 Å². The molecule has 4 heteroatoms. The van der Waals surface area contributed by atoms with E-state index in [0.29, 0.717) is 12.5 Å². The fourth-order valence-electron chi connectivity index (χ4n) is 2.50. The molecule has 3 aromatic rings. The van der Waals surface area contributed by atoms with E-state index in [0.717, 1.165) is 28.3 Å². The maximum atomic E-state index is 6.08. The predicted molar refractivity (Wildman–Crippen MR) is 86.5 cm³/mol. The Labute approximate surface area is 129 Å². The minimum absolute atomic E-state index is 0.368. The molecule has 0 unspecified atom stereocenters. The van der Waals surface area contributed by atoms with Crippen LogP contribution in [0.2, 0.25) is 0 Å². The molecular weight excluding hydrogens is 284 g/mol. The van der Waals surface area contributed by atoms with E-state index in [-0.39, 0.29) is 0 Å². The smallest absolute Gasteiger partial charge is 0.129 e. The van der Waals surface area contributed by atoms with E-state index in [2.05, 4.69) is 34.7 Å². The average Bonchev–Trinajstić information content (AvgIpc) is 2.85. The van der Waals surface area contributed by atoms with Gasteiger partial charge in [0, 0.05) is 6.07 Å². The Balaban J connectivity index is 2.20. The van der Waals surface area contributed by atoms with Gasteiger partial charge in [-0.2, -0.15) is 0 Å². The van der Waals surface area contributed by atoms with Crippen LogP contribution in [-0.4, -0.2) is 16.2 Å². The normalized spacial score (nSPS) is 11.0. The highest BCUT2D eigenvalue weighted by molar-refractivity contribution is 6.17. The number of rotatable bonds is 4. The molecule has 0 fully saturated rings. The molecule has 0 N–H and O–H groups in total. The fraction of sp³-hybridized carbons (Fsp3) is 0.235. The number of hydrogen-bond donors (Lipinski definition) is 0. The molecule has 3 rings (SSSR count). The van der Waals surface area contributed by atoms with Crippen LogP contribution in [-0.2, 0) is 5.88 Å². The SMILES string of the molecule is CCOc1cccc(-n2c(CCl)nc3cc(C)ccc32)c1. The number of ether oxygens (including phenoxy) is 1. The Kier molecular flexibility index (Phi) is 3.84. The highest BCUT2D eigenvalue weighted by atomic mass is 35.5. The zero-order valence-corrected chi connectivity index (χ0v) is 12.9. The number of halogens is 1. The van der Waals surface area contributed by atoms with Crippen molar-refractivity contribution < 1.29 is 4.74 Å². The van der Waals surface area contributed by atoms with Crippen molar-refractivity contribution in [1.82, 2.24) is 9.55 Å². The highest BCUT2D eigenvalue weighted by Crippen LogP contribution is 2.25. The second-order valence-corrected chi connectivity index (χ2v) is 5.19. The number of fused-ring (bicyclic) bond motifs is 1. The van der Waals surface area contributed by atoms with E-state index in [1.54, 1.807) is 0 Å². The van der Waals surface area contributed by atoms with Gasteiger partial charge in [-0.15, -0.1) is 11.6 Å². The predicted octanol–water partition coefficient (Wildman–Crippen LogP) is 4.47. The molecule has 108 valence electrons. The third kappa shape index (κ3) is 2.61. The lowest BCUT2D eigenvalue weighted by Crippen LogP contribution is -2.00. The van der Waals surface area contributed by atoms with Gasteiger partial charge in [0.15, 0.2) is 0 Å². The lowest BCUT2D eigenvalue weighted by atomic mass is 10.2. The summed E-state index contributed by atoms with van der Waals surface area (Å²) in [6.07, 6.45) is 0. The number of imidazole rings is 1. The summed E-state index contributed by atoms with van der Waals surface area (Å²) in [5.41, 5.74) is 4.23. The quantitative estimate of drug-likeness (QED) is 0.665. The van der Waals surface area contributed by atoms with E-state index < -0.39 is 0 Å². The topological polar surface area (TPSA) is 27.1 Å². The number of hydrogen-bond acceptors (Lipinski definition) is 2. The molecule has 0 atom stereocenters. The molecule has 21 heavy (non-hydrogen) atoms. The van der Waals surface area contributed by atoms with Crippen molar-refractivity contribution in [3.63, 3.8) is 0 Å². The second-order valence-electron chi connectivity index (χ2n) is 4.92. The van der Waals surface area contributed by atoms with Crippen molar-refractivity contribution in [2.24, 2.45) is 0 Å². The Hall–Kier alpha value is -2.00. The van der Waals surface area contributed by atoms with Gasteiger partial charge in [0.05, 0.1) is 29.2 Å². The van der Waals surface area contributed by atoms with Crippen molar-refractivity contribution in [1.29, 1.82) is 0 Å². The first-order chi connectivity index (χ1) is 10.2. The zero-order chi connectivity index (χ0) is 14.8. The molecule has 0 spiro atoms. The van der Waals surface area contributed by atoms with Gasteiger partial charge in [0.1, 0.15) is 11.6 Å². The first-order valence-electron chi connectivity index (χ1n) is 7.00. The molecule has 0 saturated heterocycles. The van der Waals surface area contributed by atoms with Crippen LogP contribution in [0, 0.1) is 6.92 Å². The number of aromatic nitrogens is 2. The van der Waals surface area contributed by atoms with Gasteiger partial charge in [-0.25, -0.2) is 4.98 Å². The molecule has 0 aliphatic carbocycles. The zero-order valence-electron chi connectivity index (χ0n) is 12.1. The highest BCUT2D eigenvalue weighted by Gasteiger charge is 2.12. The Morgan fingerprint density at radius 2 is 2.05 bits per heavy atom. The first-order valence-corrected chi connectivity index (χ1v) is 7.53. The minimum Gasteiger partial charge on any atom is -0.494 e. The van der Waals surface area contributed by atoms with E-state index in [1.807, 2.05) is 31.2 Å². The molecule has 2 aromatic carbocycles. The number of benzene rings is 2. The lowest BCUT2D eigenvalue weighted by molar-refractivity contribution is 0.340. The Morgan fingerprint density at radius 1 is 1.19 bits per heavy atom. The number of alkyl halides is 1. The van der Waals surface area contributed by atoms with Crippen molar-refractivity contribution in [2.45, 2.75) is 19.7 Å². The second kappa shape index (κ2) is 5.78. The van der Waals surface area contributed by atoms with Gasteiger partial charge in [-0.3, -0.25) is 4.57 Å². The maximum absolute atomic E-state index is 6.08. The molecule has 0 saturated carbocycles. The van der Waals surface area contributed by atoms with Gasteiger partial charge in [-0.05, 0) is 43.7 Å². The number of nitrogens with zero attached hydrogens (tertiary/aromatic N) is 2. The van der Waals surface area contributed by atoms with Crippen LogP contribution >= 0.6 is 11.6 Å². The van der Waals surface area contributed by atoms with Gasteiger partial charge in [0.25, 0.3) is 0 Å². The summed E-state index contributed by atoms with van der Waals surface area (Å²) in [4.78, 5) is 4.63. The fourth-order valence-corrected chi connectivity index (χ4v) is 2.68. The summed E-state index contributed by atoms with van der Waals surface area (Å²) in [5.74, 6) is 2.06. The Bertz CT molecular complexity index is 780. The summed E-state index contributed by atoms with van der Waals surface area (Å²) in [6.45, 7) is 4.69. The molecule has 3 nitrogen and oxygen atoms in total. The van der Waals surface area contributed by atoms with Crippen molar-refractivity contribution in [3.8, 4) is 11.4 Å². The van der Waals surface area contributed by atoms with Gasteiger partial charge in [0.2, 0.25) is 0 Å². The van der Waals surface area contributed by atoms with Crippen LogP contribution < -0.4 is 4.74 Å². The molecule has 0 radical (unpaired) electrons. The van der Waals surface area contributed by atoms with Crippen LogP contribution in [0.1, 0.15) is 18.3 Å². The van der Waals surface area contributed by atoms with E-state index >= 15 is 0 Å². The van der Waals surface area contributed by atoms with Crippen LogP contribution in [0.3, 0.4) is 0 Å². The monoisotopic (exact) mass is 300 g/mol. The summed E-state index contributed by atoms with van der Waals surface area (Å²) in [7, 11) is 0. The molecule has 0 amide bonds. The van der Waals surface area contributed by atoms with Crippen LogP contribution in [0.25, 0.3) is 16.7 Å². The summed E-state index contributed by atoms with van der Waals surface area (Å²) >= 11 is 6.08. The third-order valence-electron chi connectivity index (χ3n) is 3.39. The average molecular weight is 301 g/mol. The molecule has 1 heterocycles. The maximum Gasteiger partial charge on any atom is 0.129 e. The molecule has 0 aliphatic heterocycles. The molecular formula is C17H17ClN2O. The Morgan fingerprint density at radius 3 is 2.81 bits per heavy atom. The van der Waals surface area contributed by atoms with Gasteiger partial charge >= 0.3 is 0 Å². The lowest BCUT2D eigenvalue weighted by Gasteiger charge is -2.10. The largest absolute Gasteiger partial charge is 0.494 e.